The summed E-state index contributed by atoms with van der Waals surface area (Å²) in [6, 6.07) is 9.02. The Balaban J connectivity index is 1.02. The second kappa shape index (κ2) is 14.2. The molecule has 0 bridgehead atoms. The number of para-hydroxylation sites is 1. The highest BCUT2D eigenvalue weighted by Gasteiger charge is 2.45. The second-order valence-electron chi connectivity index (χ2n) is 14.4. The van der Waals surface area contributed by atoms with Gasteiger partial charge in [0.15, 0.2) is 5.60 Å². The van der Waals surface area contributed by atoms with Gasteiger partial charge in [-0.1, -0.05) is 25.1 Å². The average molecular weight is 727 g/mol. The number of fused-ring (bicyclic) bond motifs is 5. The molecule has 1 N–H and O–H groups in total. The van der Waals surface area contributed by atoms with E-state index in [2.05, 4.69) is 0 Å². The molecule has 7 rings (SSSR count). The minimum atomic E-state index is -1.94. The first-order chi connectivity index (χ1) is 25.4. The molecule has 1 fully saturated rings. The predicted octanol–water partition coefficient (Wildman–Crippen LogP) is 3.70. The third kappa shape index (κ3) is 6.49. The minimum Gasteiger partial charge on any atom is -0.458 e. The monoisotopic (exact) mass is 726 g/mol. The Hall–Kier alpha value is -5.37. The van der Waals surface area contributed by atoms with Gasteiger partial charge in [0.1, 0.15) is 6.61 Å². The fourth-order valence-corrected chi connectivity index (χ4v) is 7.98. The number of carbonyl (C=O) groups excluding carboxylic acids is 5. The number of rotatable bonds is 10. The van der Waals surface area contributed by atoms with Crippen LogP contribution in [0.25, 0.3) is 22.3 Å². The molecule has 2 aromatic heterocycles. The van der Waals surface area contributed by atoms with Gasteiger partial charge in [-0.15, -0.1) is 0 Å². The number of pyridine rings is 2. The number of aromatic nitrogens is 2. The second-order valence-corrected chi connectivity index (χ2v) is 14.4. The molecule has 0 unspecified atom stereocenters. The summed E-state index contributed by atoms with van der Waals surface area (Å²) in [4.78, 5) is 84.1. The van der Waals surface area contributed by atoms with Gasteiger partial charge in [0.2, 0.25) is 6.79 Å². The van der Waals surface area contributed by atoms with Crippen molar-refractivity contribution < 1.29 is 43.3 Å². The predicted molar refractivity (Wildman–Crippen MR) is 189 cm³/mol. The Morgan fingerprint density at radius 2 is 1.75 bits per heavy atom. The van der Waals surface area contributed by atoms with Crippen LogP contribution in [0.3, 0.4) is 0 Å². The molecule has 53 heavy (non-hydrogen) atoms. The van der Waals surface area contributed by atoms with Gasteiger partial charge >= 0.3 is 18.0 Å². The van der Waals surface area contributed by atoms with Crippen molar-refractivity contribution >= 4 is 40.7 Å². The first-order valence-corrected chi connectivity index (χ1v) is 18.1. The van der Waals surface area contributed by atoms with E-state index in [9.17, 15) is 33.9 Å². The largest absolute Gasteiger partial charge is 0.458 e. The molecule has 3 amide bonds. The van der Waals surface area contributed by atoms with E-state index in [-0.39, 0.29) is 72.5 Å². The number of nitrogens with zero attached hydrogens (tertiary/aromatic N) is 4. The summed E-state index contributed by atoms with van der Waals surface area (Å²) in [7, 11) is 0. The van der Waals surface area contributed by atoms with E-state index in [4.69, 9.17) is 19.2 Å². The Bertz CT molecular complexity index is 2100. The lowest BCUT2D eigenvalue weighted by Crippen LogP contribution is -2.44. The molecule has 14 nitrogen and oxygen atoms in total. The van der Waals surface area contributed by atoms with Gasteiger partial charge in [0.05, 0.1) is 34.9 Å². The summed E-state index contributed by atoms with van der Waals surface area (Å²) < 4.78 is 17.6. The van der Waals surface area contributed by atoms with Crippen molar-refractivity contribution in [1.82, 2.24) is 19.4 Å². The fraction of sp³-hybridized carbons (Fsp3) is 0.462. The van der Waals surface area contributed by atoms with Crippen molar-refractivity contribution in [3.05, 3.63) is 75.1 Å². The van der Waals surface area contributed by atoms with E-state index < -0.39 is 30.4 Å². The smallest absolute Gasteiger partial charge is 0.412 e. The van der Waals surface area contributed by atoms with Crippen LogP contribution in [0.1, 0.15) is 75.1 Å². The number of amides is 3. The first-order valence-electron chi connectivity index (χ1n) is 18.1. The van der Waals surface area contributed by atoms with Gasteiger partial charge in [-0.2, -0.15) is 0 Å². The van der Waals surface area contributed by atoms with Crippen molar-refractivity contribution in [2.75, 3.05) is 19.9 Å². The summed E-state index contributed by atoms with van der Waals surface area (Å²) in [5, 5.41) is 12.1. The number of benzene rings is 1. The van der Waals surface area contributed by atoms with Crippen molar-refractivity contribution in [2.45, 2.75) is 84.1 Å². The standard InChI is InChI=1S/C39H42N4O10/c1-4-39(50)29-17-31-34-27(19-42(31)35(46)28(29)20-51-37(39)48)25(26-7-5-6-8-30(26)40-34)15-16-41(22(2)3)38(49)53-21-52-36(47)24-11-9-23(10-12-24)18-43-32(44)13-14-33(43)45/h5-8,13-14,17,22-24,50H,4,9-12,15-16,18-21H2,1-3H3/t23?,24?,39-/m0/s1. The van der Waals surface area contributed by atoms with Crippen LogP contribution >= 0.6 is 0 Å². The normalized spacial score (nSPS) is 21.8. The quantitative estimate of drug-likeness (QED) is 0.143. The lowest BCUT2D eigenvalue weighted by Gasteiger charge is -2.31. The lowest BCUT2D eigenvalue weighted by atomic mass is 9.82. The highest BCUT2D eigenvalue weighted by molar-refractivity contribution is 6.12. The number of esters is 2. The van der Waals surface area contributed by atoms with E-state index in [0.29, 0.717) is 55.6 Å². The maximum absolute atomic E-state index is 13.8. The zero-order chi connectivity index (χ0) is 37.6. The third-order valence-electron chi connectivity index (χ3n) is 11.1. The molecule has 0 radical (unpaired) electrons. The summed E-state index contributed by atoms with van der Waals surface area (Å²) in [5.74, 6) is -2.10. The van der Waals surface area contributed by atoms with Crippen LogP contribution < -0.4 is 5.56 Å². The molecule has 4 aliphatic rings. The molecule has 278 valence electrons. The molecule has 3 aromatic rings. The average Bonchev–Trinajstić information content (AvgIpc) is 3.68. The number of imide groups is 1. The van der Waals surface area contributed by atoms with Gasteiger partial charge in [-0.25, -0.2) is 14.6 Å². The molecule has 0 spiro atoms. The van der Waals surface area contributed by atoms with Crippen LogP contribution in [-0.4, -0.2) is 80.2 Å². The van der Waals surface area contributed by atoms with Crippen molar-refractivity contribution in [3.8, 4) is 11.4 Å². The van der Waals surface area contributed by atoms with Crippen LogP contribution in [0, 0.1) is 11.8 Å². The Kier molecular flexibility index (Phi) is 9.66. The lowest BCUT2D eigenvalue weighted by molar-refractivity contribution is -0.172. The number of ether oxygens (including phenoxy) is 3. The number of aliphatic hydroxyl groups is 1. The molecular weight excluding hydrogens is 684 g/mol. The maximum atomic E-state index is 13.8. The van der Waals surface area contributed by atoms with Crippen LogP contribution in [0.2, 0.25) is 0 Å². The number of hydrogen-bond acceptors (Lipinski definition) is 11. The summed E-state index contributed by atoms with van der Waals surface area (Å²) in [6.45, 7) is 5.43. The van der Waals surface area contributed by atoms with Gasteiger partial charge in [0, 0.05) is 47.8 Å². The summed E-state index contributed by atoms with van der Waals surface area (Å²) in [6.07, 6.45) is 4.77. The molecule has 1 aliphatic carbocycles. The Morgan fingerprint density at radius 3 is 2.45 bits per heavy atom. The van der Waals surface area contributed by atoms with Crippen molar-refractivity contribution in [1.29, 1.82) is 0 Å². The number of hydrogen-bond donors (Lipinski definition) is 1. The van der Waals surface area contributed by atoms with E-state index in [1.807, 2.05) is 38.1 Å². The van der Waals surface area contributed by atoms with Crippen molar-refractivity contribution in [3.63, 3.8) is 0 Å². The Morgan fingerprint density at radius 1 is 1.04 bits per heavy atom. The molecule has 0 saturated heterocycles. The van der Waals surface area contributed by atoms with Crippen LogP contribution in [0.4, 0.5) is 4.79 Å². The first kappa shape index (κ1) is 36.0. The molecule has 5 heterocycles. The van der Waals surface area contributed by atoms with Gasteiger partial charge in [-0.3, -0.25) is 24.1 Å². The van der Waals surface area contributed by atoms with E-state index >= 15 is 0 Å². The van der Waals surface area contributed by atoms with Crippen LogP contribution in [0.15, 0.2) is 47.3 Å². The van der Waals surface area contributed by atoms with Crippen LogP contribution in [0.5, 0.6) is 0 Å². The van der Waals surface area contributed by atoms with E-state index in [1.165, 1.54) is 17.1 Å². The van der Waals surface area contributed by atoms with Gasteiger partial charge in [-0.05, 0) is 76.0 Å². The molecule has 1 atom stereocenters. The molecule has 1 saturated carbocycles. The zero-order valence-corrected chi connectivity index (χ0v) is 30.0. The number of carbonyl (C=O) groups is 5. The minimum absolute atomic E-state index is 0.0393. The van der Waals surface area contributed by atoms with E-state index in [0.717, 1.165) is 16.5 Å². The molecule has 3 aliphatic heterocycles. The maximum Gasteiger partial charge on any atom is 0.412 e. The van der Waals surface area contributed by atoms with Crippen LogP contribution in [-0.2, 0) is 58.6 Å². The van der Waals surface area contributed by atoms with Gasteiger partial charge < -0.3 is 28.8 Å². The fourth-order valence-electron chi connectivity index (χ4n) is 7.98. The third-order valence-corrected chi connectivity index (χ3v) is 11.1. The molecule has 14 heteroatoms. The topological polar surface area (TPSA) is 175 Å². The molecule has 1 aromatic carbocycles. The molecular formula is C39H42N4O10. The zero-order valence-electron chi connectivity index (χ0n) is 30.0. The summed E-state index contributed by atoms with van der Waals surface area (Å²) >= 11 is 0. The highest BCUT2D eigenvalue weighted by Crippen LogP contribution is 2.40. The Labute approximate surface area is 305 Å². The van der Waals surface area contributed by atoms with Gasteiger partial charge in [0.25, 0.3) is 17.4 Å². The van der Waals surface area contributed by atoms with Crippen molar-refractivity contribution in [2.24, 2.45) is 11.8 Å². The highest BCUT2D eigenvalue weighted by atomic mass is 16.7. The SMILES string of the molecule is CC[C@@]1(O)C(=O)OCc2c1cc1n(c2=O)Cc2c-1nc1ccccc1c2CCN(C(=O)OCOC(=O)C1CCC(CN2C(=O)C=CC2=O)CC1)C(C)C. The summed E-state index contributed by atoms with van der Waals surface area (Å²) in [5.41, 5.74) is 1.67. The number of cyclic esters (lactones) is 1. The van der Waals surface area contributed by atoms with E-state index in [1.54, 1.807) is 22.5 Å².